The molecular weight excluding hydrogens is 332 g/mol. The third kappa shape index (κ3) is 3.98. The summed E-state index contributed by atoms with van der Waals surface area (Å²) in [6.45, 7) is 2.70. The molecule has 0 aliphatic rings. The van der Waals surface area contributed by atoms with Crippen molar-refractivity contribution < 1.29 is 9.47 Å². The van der Waals surface area contributed by atoms with Gasteiger partial charge in [-0.3, -0.25) is 5.41 Å². The minimum absolute atomic E-state index is 0.0222. The smallest absolute Gasteiger partial charge is 0.169 e. The van der Waals surface area contributed by atoms with Crippen molar-refractivity contribution in [3.63, 3.8) is 0 Å². The Bertz CT molecular complexity index is 644. The monoisotopic (exact) mass is 348 g/mol. The van der Waals surface area contributed by atoms with E-state index in [-0.39, 0.29) is 5.84 Å². The molecule has 0 atom stereocenters. The van der Waals surface area contributed by atoms with Crippen molar-refractivity contribution in [3.05, 3.63) is 52.5 Å². The molecule has 21 heavy (non-hydrogen) atoms. The molecule has 0 unspecified atom stereocenters. The molecule has 0 bridgehead atoms. The largest absolute Gasteiger partial charge is 0.490 e. The predicted molar refractivity (Wildman–Crippen MR) is 87.5 cm³/mol. The Labute approximate surface area is 132 Å². The number of para-hydroxylation sites is 2. The Morgan fingerprint density at radius 3 is 2.48 bits per heavy atom. The quantitative estimate of drug-likeness (QED) is 0.603. The number of nitrogen functional groups attached to an aromatic ring is 1. The van der Waals surface area contributed by atoms with E-state index < -0.39 is 0 Å². The van der Waals surface area contributed by atoms with Gasteiger partial charge in [0.25, 0.3) is 0 Å². The molecule has 0 heterocycles. The summed E-state index contributed by atoms with van der Waals surface area (Å²) in [6, 6.07) is 12.8. The first kappa shape index (κ1) is 15.4. The van der Waals surface area contributed by atoms with Crippen LogP contribution in [-0.2, 0) is 0 Å². The standard InChI is InChI=1S/C16H17BrN2O2/c1-2-9-20-14-5-3-4-6-15(14)21-13-8-7-11(16(18)19)10-12(13)17/h3-8,10H,2,9H2,1H3,(H3,18,19). The summed E-state index contributed by atoms with van der Waals surface area (Å²) in [4.78, 5) is 0. The molecule has 2 aromatic rings. The maximum absolute atomic E-state index is 7.43. The van der Waals surface area contributed by atoms with Crippen LogP contribution in [0.15, 0.2) is 46.9 Å². The fourth-order valence-electron chi connectivity index (χ4n) is 1.74. The van der Waals surface area contributed by atoms with Gasteiger partial charge >= 0.3 is 0 Å². The van der Waals surface area contributed by atoms with Crippen molar-refractivity contribution in [1.82, 2.24) is 0 Å². The third-order valence-corrected chi connectivity index (χ3v) is 3.39. The number of hydrogen-bond donors (Lipinski definition) is 2. The van der Waals surface area contributed by atoms with Crippen LogP contribution in [-0.4, -0.2) is 12.4 Å². The highest BCUT2D eigenvalue weighted by atomic mass is 79.9. The molecule has 0 aliphatic heterocycles. The first-order valence-electron chi connectivity index (χ1n) is 6.65. The summed E-state index contributed by atoms with van der Waals surface area (Å²) in [7, 11) is 0. The maximum atomic E-state index is 7.43. The van der Waals surface area contributed by atoms with E-state index in [9.17, 15) is 0 Å². The first-order valence-corrected chi connectivity index (χ1v) is 7.44. The van der Waals surface area contributed by atoms with Crippen LogP contribution in [0.1, 0.15) is 18.9 Å². The number of nitrogens with one attached hydrogen (secondary N) is 1. The van der Waals surface area contributed by atoms with E-state index in [1.807, 2.05) is 24.3 Å². The van der Waals surface area contributed by atoms with Crippen LogP contribution in [0.2, 0.25) is 0 Å². The van der Waals surface area contributed by atoms with E-state index in [1.165, 1.54) is 0 Å². The number of nitrogens with two attached hydrogens (primary N) is 1. The lowest BCUT2D eigenvalue weighted by atomic mass is 10.2. The lowest BCUT2D eigenvalue weighted by molar-refractivity contribution is 0.302. The van der Waals surface area contributed by atoms with Crippen LogP contribution in [0.25, 0.3) is 0 Å². The maximum Gasteiger partial charge on any atom is 0.169 e. The van der Waals surface area contributed by atoms with Gasteiger partial charge in [-0.1, -0.05) is 19.1 Å². The van der Waals surface area contributed by atoms with Gasteiger partial charge in [-0.25, -0.2) is 0 Å². The predicted octanol–water partition coefficient (Wildman–Crippen LogP) is 4.31. The molecule has 0 aliphatic carbocycles. The van der Waals surface area contributed by atoms with Crippen molar-refractivity contribution in [2.45, 2.75) is 13.3 Å². The number of benzene rings is 2. The van der Waals surface area contributed by atoms with Crippen LogP contribution in [0.4, 0.5) is 0 Å². The van der Waals surface area contributed by atoms with Crippen LogP contribution in [0, 0.1) is 5.41 Å². The molecule has 5 heteroatoms. The van der Waals surface area contributed by atoms with Gasteiger partial charge in [0.1, 0.15) is 11.6 Å². The molecular formula is C16H17BrN2O2. The Kier molecular flexibility index (Phi) is 5.22. The average Bonchev–Trinajstić information content (AvgIpc) is 2.48. The van der Waals surface area contributed by atoms with Gasteiger partial charge in [-0.05, 0) is 52.7 Å². The molecule has 0 saturated heterocycles. The zero-order chi connectivity index (χ0) is 15.2. The van der Waals surface area contributed by atoms with Gasteiger partial charge in [0.15, 0.2) is 11.5 Å². The SMILES string of the molecule is CCCOc1ccccc1Oc1ccc(C(=N)N)cc1Br. The van der Waals surface area contributed by atoms with E-state index in [0.29, 0.717) is 29.4 Å². The number of amidine groups is 1. The van der Waals surface area contributed by atoms with Crippen LogP contribution >= 0.6 is 15.9 Å². The fraction of sp³-hybridized carbons (Fsp3) is 0.188. The minimum Gasteiger partial charge on any atom is -0.490 e. The van der Waals surface area contributed by atoms with Crippen LogP contribution in [0.3, 0.4) is 0 Å². The second-order valence-corrected chi connectivity index (χ2v) is 5.31. The molecule has 0 spiro atoms. The average molecular weight is 349 g/mol. The summed E-state index contributed by atoms with van der Waals surface area (Å²) in [5, 5.41) is 7.43. The second kappa shape index (κ2) is 7.13. The summed E-state index contributed by atoms with van der Waals surface area (Å²) >= 11 is 3.43. The zero-order valence-electron chi connectivity index (χ0n) is 11.7. The number of ether oxygens (including phenoxy) is 2. The third-order valence-electron chi connectivity index (χ3n) is 2.77. The summed E-state index contributed by atoms with van der Waals surface area (Å²) in [6.07, 6.45) is 0.936. The van der Waals surface area contributed by atoms with E-state index in [1.54, 1.807) is 18.2 Å². The number of rotatable bonds is 6. The Balaban J connectivity index is 2.24. The highest BCUT2D eigenvalue weighted by Crippen LogP contribution is 2.35. The highest BCUT2D eigenvalue weighted by Gasteiger charge is 2.09. The van der Waals surface area contributed by atoms with Crippen molar-refractivity contribution >= 4 is 21.8 Å². The molecule has 0 saturated carbocycles. The van der Waals surface area contributed by atoms with Crippen molar-refractivity contribution in [2.24, 2.45) is 5.73 Å². The van der Waals surface area contributed by atoms with Gasteiger partial charge in [-0.2, -0.15) is 0 Å². The van der Waals surface area contributed by atoms with Gasteiger partial charge < -0.3 is 15.2 Å². The Morgan fingerprint density at radius 1 is 1.14 bits per heavy atom. The Morgan fingerprint density at radius 2 is 1.86 bits per heavy atom. The summed E-state index contributed by atoms with van der Waals surface area (Å²) in [5.41, 5.74) is 6.11. The molecule has 0 aromatic heterocycles. The van der Waals surface area contributed by atoms with Gasteiger partial charge in [-0.15, -0.1) is 0 Å². The van der Waals surface area contributed by atoms with E-state index in [2.05, 4.69) is 22.9 Å². The van der Waals surface area contributed by atoms with Gasteiger partial charge in [0.05, 0.1) is 11.1 Å². The van der Waals surface area contributed by atoms with Crippen molar-refractivity contribution in [1.29, 1.82) is 5.41 Å². The minimum atomic E-state index is 0.0222. The van der Waals surface area contributed by atoms with E-state index in [4.69, 9.17) is 20.6 Å². The normalized spacial score (nSPS) is 10.2. The Hall–Kier alpha value is -2.01. The molecule has 0 fully saturated rings. The highest BCUT2D eigenvalue weighted by molar-refractivity contribution is 9.10. The molecule has 3 N–H and O–H groups in total. The number of halogens is 1. The van der Waals surface area contributed by atoms with Crippen LogP contribution in [0.5, 0.6) is 17.2 Å². The van der Waals surface area contributed by atoms with E-state index in [0.717, 1.165) is 10.9 Å². The molecule has 2 aromatic carbocycles. The zero-order valence-corrected chi connectivity index (χ0v) is 13.3. The lowest BCUT2D eigenvalue weighted by Gasteiger charge is -2.13. The lowest BCUT2D eigenvalue weighted by Crippen LogP contribution is -2.10. The number of hydrogen-bond acceptors (Lipinski definition) is 3. The second-order valence-electron chi connectivity index (χ2n) is 4.46. The topological polar surface area (TPSA) is 68.3 Å². The van der Waals surface area contributed by atoms with Crippen molar-refractivity contribution in [3.8, 4) is 17.2 Å². The summed E-state index contributed by atoms with van der Waals surface area (Å²) in [5.74, 6) is 2.03. The fourth-order valence-corrected chi connectivity index (χ4v) is 2.20. The van der Waals surface area contributed by atoms with E-state index >= 15 is 0 Å². The molecule has 0 radical (unpaired) electrons. The first-order chi connectivity index (χ1) is 10.1. The molecule has 110 valence electrons. The summed E-state index contributed by atoms with van der Waals surface area (Å²) < 4.78 is 12.3. The van der Waals surface area contributed by atoms with Crippen LogP contribution < -0.4 is 15.2 Å². The molecule has 4 nitrogen and oxygen atoms in total. The van der Waals surface area contributed by atoms with Gasteiger partial charge in [0.2, 0.25) is 0 Å². The van der Waals surface area contributed by atoms with Crippen molar-refractivity contribution in [2.75, 3.05) is 6.61 Å². The molecule has 0 amide bonds. The van der Waals surface area contributed by atoms with Gasteiger partial charge in [0, 0.05) is 5.56 Å². The molecule has 2 rings (SSSR count).